The predicted octanol–water partition coefficient (Wildman–Crippen LogP) is 5.55. The van der Waals surface area contributed by atoms with Crippen molar-refractivity contribution in [3.63, 3.8) is 0 Å². The summed E-state index contributed by atoms with van der Waals surface area (Å²) in [6, 6.07) is 26.8. The fourth-order valence-electron chi connectivity index (χ4n) is 4.40. The van der Waals surface area contributed by atoms with Gasteiger partial charge in [0.2, 0.25) is 0 Å². The molecule has 0 fully saturated rings. The van der Waals surface area contributed by atoms with Crippen LogP contribution in [0, 0.1) is 0 Å². The summed E-state index contributed by atoms with van der Waals surface area (Å²) in [5.41, 5.74) is 2.73. The molecule has 6 rings (SSSR count). The van der Waals surface area contributed by atoms with E-state index in [0.29, 0.717) is 0 Å². The molecule has 0 N–H and O–H groups in total. The fraction of sp³-hybridized carbons (Fsp3) is 0.0833. The van der Waals surface area contributed by atoms with E-state index in [-0.39, 0.29) is 0 Å². The minimum atomic E-state index is -1.68. The molecule has 28 heavy (non-hydrogen) atoms. The van der Waals surface area contributed by atoms with Crippen LogP contribution in [-0.4, -0.2) is 8.07 Å². The number of benzene rings is 3. The van der Waals surface area contributed by atoms with Crippen molar-refractivity contribution in [3.8, 4) is 11.1 Å². The molecule has 3 heterocycles. The van der Waals surface area contributed by atoms with E-state index in [9.17, 15) is 0 Å². The van der Waals surface area contributed by atoms with Crippen LogP contribution in [-0.2, 0) is 0 Å². The summed E-state index contributed by atoms with van der Waals surface area (Å²) in [6.45, 7) is 5.11. The monoisotopic (exact) mass is 430 g/mol. The average molecular weight is 431 g/mol. The van der Waals surface area contributed by atoms with Crippen molar-refractivity contribution in [2.24, 2.45) is 0 Å². The minimum absolute atomic E-state index is 0.764. The SMILES string of the molecule is C[Si]1(C)c2sc3ccccc3c2Pc2c1sc1cccc(-c3ccccc3)c21. The Balaban J connectivity index is 1.69. The van der Waals surface area contributed by atoms with Crippen molar-refractivity contribution in [3.05, 3.63) is 72.8 Å². The van der Waals surface area contributed by atoms with Crippen LogP contribution in [0.25, 0.3) is 31.3 Å². The molecule has 0 saturated heterocycles. The highest BCUT2D eigenvalue weighted by molar-refractivity contribution is 7.65. The summed E-state index contributed by atoms with van der Waals surface area (Å²) < 4.78 is 6.32. The van der Waals surface area contributed by atoms with Crippen molar-refractivity contribution in [2.45, 2.75) is 13.1 Å². The highest BCUT2D eigenvalue weighted by Gasteiger charge is 2.40. The number of thiophene rings is 2. The summed E-state index contributed by atoms with van der Waals surface area (Å²) >= 11 is 4.12. The summed E-state index contributed by atoms with van der Waals surface area (Å²) in [5.74, 6) is 0. The number of hydrogen-bond acceptors (Lipinski definition) is 2. The van der Waals surface area contributed by atoms with E-state index < -0.39 is 8.07 Å². The summed E-state index contributed by atoms with van der Waals surface area (Å²) in [6.07, 6.45) is 0. The number of fused-ring (bicyclic) bond motifs is 6. The van der Waals surface area contributed by atoms with Crippen LogP contribution < -0.4 is 19.6 Å². The first-order chi connectivity index (χ1) is 13.6. The molecule has 0 amide bonds. The molecule has 1 aliphatic heterocycles. The molecule has 5 aromatic rings. The van der Waals surface area contributed by atoms with Gasteiger partial charge in [-0.25, -0.2) is 0 Å². The van der Waals surface area contributed by atoms with E-state index in [1.54, 1.807) is 19.6 Å². The summed E-state index contributed by atoms with van der Waals surface area (Å²) in [7, 11) is -0.914. The molecular weight excluding hydrogens is 411 g/mol. The van der Waals surface area contributed by atoms with Gasteiger partial charge in [-0.3, -0.25) is 0 Å². The minimum Gasteiger partial charge on any atom is -0.144 e. The maximum Gasteiger partial charge on any atom is 0.139 e. The Labute approximate surface area is 175 Å². The lowest BCUT2D eigenvalue weighted by molar-refractivity contribution is 1.67. The molecule has 0 bridgehead atoms. The Morgan fingerprint density at radius 2 is 1.36 bits per heavy atom. The molecule has 0 aliphatic carbocycles. The number of hydrogen-bond donors (Lipinski definition) is 0. The quantitative estimate of drug-likeness (QED) is 0.242. The number of rotatable bonds is 1. The van der Waals surface area contributed by atoms with Gasteiger partial charge >= 0.3 is 0 Å². The molecule has 3 aromatic carbocycles. The van der Waals surface area contributed by atoms with Gasteiger partial charge in [0.05, 0.1) is 0 Å². The third-order valence-corrected chi connectivity index (χ3v) is 16.6. The van der Waals surface area contributed by atoms with Crippen LogP contribution >= 0.6 is 31.3 Å². The second kappa shape index (κ2) is 6.11. The Bertz CT molecular complexity index is 1360. The van der Waals surface area contributed by atoms with E-state index in [2.05, 4.69) is 109 Å². The third kappa shape index (κ3) is 2.31. The lowest BCUT2D eigenvalue weighted by Gasteiger charge is -2.28. The lowest BCUT2D eigenvalue weighted by atomic mass is 10.0. The van der Waals surface area contributed by atoms with Gasteiger partial charge in [-0.05, 0) is 33.9 Å². The molecule has 0 saturated carbocycles. The zero-order valence-electron chi connectivity index (χ0n) is 15.7. The van der Waals surface area contributed by atoms with Crippen LogP contribution in [0.2, 0.25) is 13.1 Å². The molecule has 136 valence electrons. The van der Waals surface area contributed by atoms with Crippen LogP contribution in [0.15, 0.2) is 72.8 Å². The van der Waals surface area contributed by atoms with Crippen LogP contribution in [0.5, 0.6) is 0 Å². The summed E-state index contributed by atoms with van der Waals surface area (Å²) in [4.78, 5) is 0. The molecule has 1 atom stereocenters. The van der Waals surface area contributed by atoms with Gasteiger partial charge < -0.3 is 0 Å². The smallest absolute Gasteiger partial charge is 0.139 e. The average Bonchev–Trinajstić information content (AvgIpc) is 3.29. The van der Waals surface area contributed by atoms with Crippen LogP contribution in [0.4, 0.5) is 0 Å². The Kier molecular flexibility index (Phi) is 3.74. The van der Waals surface area contributed by atoms with Crippen molar-refractivity contribution < 1.29 is 0 Å². The standard InChI is InChI=1S/C24H19PS2Si/c1-28(2)23-21(17-11-6-7-13-18(17)26-23)25-22-20-16(15-9-4-3-5-10-15)12-8-14-19(20)27-24(22)28/h3-14,25H,1-2H3. The second-order valence-corrected chi connectivity index (χ2v) is 16.2. The molecule has 0 nitrogen and oxygen atoms in total. The zero-order chi connectivity index (χ0) is 18.9. The molecule has 2 aromatic heterocycles. The van der Waals surface area contributed by atoms with E-state index in [1.165, 1.54) is 31.3 Å². The van der Waals surface area contributed by atoms with Crippen molar-refractivity contribution >= 4 is 79.1 Å². The van der Waals surface area contributed by atoms with Gasteiger partial charge in [-0.15, -0.1) is 22.7 Å². The maximum absolute atomic E-state index is 2.56. The van der Waals surface area contributed by atoms with Gasteiger partial charge in [0, 0.05) is 29.2 Å². The van der Waals surface area contributed by atoms with Gasteiger partial charge in [0.1, 0.15) is 8.07 Å². The molecule has 4 heteroatoms. The molecule has 1 aliphatic rings. The first kappa shape index (κ1) is 17.1. The largest absolute Gasteiger partial charge is 0.144 e. The topological polar surface area (TPSA) is 0 Å². The first-order valence-electron chi connectivity index (χ1n) is 9.55. The summed E-state index contributed by atoms with van der Waals surface area (Å²) in [5, 5.41) is 6.26. The third-order valence-electron chi connectivity index (χ3n) is 5.78. The first-order valence-corrected chi connectivity index (χ1v) is 15.2. The van der Waals surface area contributed by atoms with Gasteiger partial charge in [0.15, 0.2) is 0 Å². The molecular formula is C24H19PS2Si. The zero-order valence-corrected chi connectivity index (χ0v) is 19.4. The Hall–Kier alpha value is -1.77. The lowest BCUT2D eigenvalue weighted by Crippen LogP contribution is -2.61. The van der Waals surface area contributed by atoms with Gasteiger partial charge in [-0.1, -0.05) is 82.3 Å². The van der Waals surface area contributed by atoms with Crippen LogP contribution in [0.1, 0.15) is 0 Å². The van der Waals surface area contributed by atoms with Crippen LogP contribution in [0.3, 0.4) is 0 Å². The van der Waals surface area contributed by atoms with E-state index in [4.69, 9.17) is 0 Å². The predicted molar refractivity (Wildman–Crippen MR) is 133 cm³/mol. The van der Waals surface area contributed by atoms with Crippen molar-refractivity contribution in [1.82, 2.24) is 0 Å². The highest BCUT2D eigenvalue weighted by atomic mass is 32.1. The molecule has 0 spiro atoms. The van der Waals surface area contributed by atoms with Crippen molar-refractivity contribution in [1.29, 1.82) is 0 Å². The maximum atomic E-state index is 2.56. The van der Waals surface area contributed by atoms with Crippen molar-refractivity contribution in [2.75, 3.05) is 0 Å². The Morgan fingerprint density at radius 1 is 0.679 bits per heavy atom. The van der Waals surface area contributed by atoms with E-state index >= 15 is 0 Å². The molecule has 1 unspecified atom stereocenters. The molecule has 0 radical (unpaired) electrons. The fourth-order valence-corrected chi connectivity index (χ4v) is 15.6. The van der Waals surface area contributed by atoms with E-state index in [0.717, 1.165) is 8.58 Å². The van der Waals surface area contributed by atoms with E-state index in [1.807, 2.05) is 0 Å². The normalized spacial score (nSPS) is 15.8. The highest BCUT2D eigenvalue weighted by Crippen LogP contribution is 2.38. The second-order valence-electron chi connectivity index (χ2n) is 7.90. The Morgan fingerprint density at radius 3 is 2.21 bits per heavy atom. The van der Waals surface area contributed by atoms with Gasteiger partial charge in [0.25, 0.3) is 0 Å². The van der Waals surface area contributed by atoms with Gasteiger partial charge in [-0.2, -0.15) is 0 Å².